The molecule has 3 aromatic rings. The van der Waals surface area contributed by atoms with Gasteiger partial charge in [-0.1, -0.05) is 36.5 Å². The Morgan fingerprint density at radius 3 is 2.75 bits per heavy atom. The molecule has 1 heterocycles. The van der Waals surface area contributed by atoms with Crippen LogP contribution in [-0.4, -0.2) is 17.0 Å². The number of para-hydroxylation sites is 2. The Bertz CT molecular complexity index is 748. The van der Waals surface area contributed by atoms with Crippen molar-refractivity contribution in [2.24, 2.45) is 5.73 Å². The van der Waals surface area contributed by atoms with Crippen LogP contribution in [0.4, 0.5) is 11.7 Å². The molecule has 0 atom stereocenters. The van der Waals surface area contributed by atoms with Crippen LogP contribution in [0, 0.1) is 0 Å². The first-order valence-electron chi connectivity index (χ1n) is 6.14. The quantitative estimate of drug-likeness (QED) is 0.748. The van der Waals surface area contributed by atoms with Crippen LogP contribution in [0.2, 0.25) is 0 Å². The zero-order valence-corrected chi connectivity index (χ0v) is 11.7. The van der Waals surface area contributed by atoms with E-state index in [2.05, 4.69) is 4.98 Å². The van der Waals surface area contributed by atoms with Crippen molar-refractivity contribution in [3.8, 4) is 0 Å². The van der Waals surface area contributed by atoms with E-state index in [-0.39, 0.29) is 0 Å². The number of rotatable bonds is 3. The second-order valence-corrected chi connectivity index (χ2v) is 4.88. The summed E-state index contributed by atoms with van der Waals surface area (Å²) in [4.78, 5) is 6.69. The number of hydrogen-bond acceptors (Lipinski definition) is 4. The van der Waals surface area contributed by atoms with Crippen LogP contribution in [0.15, 0.2) is 52.9 Å². The lowest BCUT2D eigenvalue weighted by molar-refractivity contribution is 0.603. The van der Waals surface area contributed by atoms with E-state index in [4.69, 9.17) is 22.4 Å². The molecule has 5 heteroatoms. The highest BCUT2D eigenvalue weighted by Gasteiger charge is 2.12. The van der Waals surface area contributed by atoms with Gasteiger partial charge in [-0.25, -0.2) is 0 Å². The molecule has 0 saturated carbocycles. The van der Waals surface area contributed by atoms with Gasteiger partial charge in [0.25, 0.3) is 0 Å². The lowest BCUT2D eigenvalue weighted by Crippen LogP contribution is -2.13. The Morgan fingerprint density at radius 1 is 1.20 bits per heavy atom. The fourth-order valence-electron chi connectivity index (χ4n) is 1.98. The minimum Gasteiger partial charge on any atom is -0.423 e. The van der Waals surface area contributed by atoms with Crippen LogP contribution >= 0.6 is 12.2 Å². The lowest BCUT2D eigenvalue weighted by atomic mass is 10.2. The third-order valence-electron chi connectivity index (χ3n) is 3.09. The van der Waals surface area contributed by atoms with E-state index in [1.807, 2.05) is 60.5 Å². The zero-order chi connectivity index (χ0) is 14.1. The van der Waals surface area contributed by atoms with Crippen molar-refractivity contribution in [3.63, 3.8) is 0 Å². The van der Waals surface area contributed by atoms with Crippen molar-refractivity contribution < 1.29 is 4.42 Å². The van der Waals surface area contributed by atoms with Crippen molar-refractivity contribution in [1.29, 1.82) is 0 Å². The summed E-state index contributed by atoms with van der Waals surface area (Å²) in [6.45, 7) is 0. The number of oxazole rings is 1. The molecule has 2 N–H and O–H groups in total. The van der Waals surface area contributed by atoms with Gasteiger partial charge in [-0.15, -0.1) is 0 Å². The van der Waals surface area contributed by atoms with Crippen molar-refractivity contribution in [2.45, 2.75) is 0 Å². The van der Waals surface area contributed by atoms with Gasteiger partial charge in [-0.3, -0.25) is 4.90 Å². The van der Waals surface area contributed by atoms with Crippen molar-refractivity contribution in [3.05, 3.63) is 54.1 Å². The molecule has 0 saturated heterocycles. The normalized spacial score (nSPS) is 10.7. The summed E-state index contributed by atoms with van der Waals surface area (Å²) in [5.74, 6) is 0. The highest BCUT2D eigenvalue weighted by atomic mass is 32.1. The lowest BCUT2D eigenvalue weighted by Gasteiger charge is -2.15. The molecule has 2 aromatic carbocycles. The van der Waals surface area contributed by atoms with Gasteiger partial charge in [-0.2, -0.15) is 4.98 Å². The number of aromatic nitrogens is 1. The minimum atomic E-state index is 0.373. The van der Waals surface area contributed by atoms with Gasteiger partial charge in [0.05, 0.1) is 0 Å². The summed E-state index contributed by atoms with van der Waals surface area (Å²) < 4.78 is 5.74. The SMILES string of the molecule is CN(c1cccc(C(N)=S)c1)c1nc2ccccc2o1. The molecule has 0 amide bonds. The maximum Gasteiger partial charge on any atom is 0.302 e. The van der Waals surface area contributed by atoms with Crippen LogP contribution in [-0.2, 0) is 0 Å². The molecule has 0 fully saturated rings. The highest BCUT2D eigenvalue weighted by Crippen LogP contribution is 2.27. The topological polar surface area (TPSA) is 55.3 Å². The first-order chi connectivity index (χ1) is 9.65. The number of nitrogens with two attached hydrogens (primary N) is 1. The minimum absolute atomic E-state index is 0.373. The first-order valence-corrected chi connectivity index (χ1v) is 6.55. The largest absolute Gasteiger partial charge is 0.423 e. The van der Waals surface area contributed by atoms with Crippen molar-refractivity contribution in [2.75, 3.05) is 11.9 Å². The highest BCUT2D eigenvalue weighted by molar-refractivity contribution is 7.80. The van der Waals surface area contributed by atoms with E-state index in [1.165, 1.54) is 0 Å². The summed E-state index contributed by atoms with van der Waals surface area (Å²) in [6, 6.07) is 15.9. The fraction of sp³-hybridized carbons (Fsp3) is 0.0667. The van der Waals surface area contributed by atoms with Gasteiger partial charge in [0.2, 0.25) is 0 Å². The second-order valence-electron chi connectivity index (χ2n) is 4.44. The first kappa shape index (κ1) is 12.6. The van der Waals surface area contributed by atoms with Crippen LogP contribution in [0.5, 0.6) is 0 Å². The number of fused-ring (bicyclic) bond motifs is 1. The summed E-state index contributed by atoms with van der Waals surface area (Å²) in [7, 11) is 1.89. The third kappa shape index (κ3) is 2.23. The van der Waals surface area contributed by atoms with Gasteiger partial charge in [-0.05, 0) is 24.3 Å². The van der Waals surface area contributed by atoms with Gasteiger partial charge in [0, 0.05) is 18.3 Å². The van der Waals surface area contributed by atoms with Crippen LogP contribution in [0.25, 0.3) is 11.1 Å². The fourth-order valence-corrected chi connectivity index (χ4v) is 2.11. The molecule has 0 aliphatic rings. The van der Waals surface area contributed by atoms with Crippen molar-refractivity contribution in [1.82, 2.24) is 4.98 Å². The molecule has 0 aliphatic carbocycles. The molecule has 0 radical (unpaired) electrons. The average molecular weight is 283 g/mol. The van der Waals surface area contributed by atoms with E-state index < -0.39 is 0 Å². The number of anilines is 2. The Labute approximate surface area is 121 Å². The molecule has 0 spiro atoms. The second kappa shape index (κ2) is 4.94. The Kier molecular flexibility index (Phi) is 3.12. The van der Waals surface area contributed by atoms with E-state index in [1.54, 1.807) is 0 Å². The molecular weight excluding hydrogens is 270 g/mol. The molecule has 0 aliphatic heterocycles. The van der Waals surface area contributed by atoms with Crippen LogP contribution in [0.3, 0.4) is 0 Å². The van der Waals surface area contributed by atoms with Gasteiger partial charge in [0.15, 0.2) is 5.58 Å². The van der Waals surface area contributed by atoms with Crippen molar-refractivity contribution >= 4 is 40.0 Å². The predicted molar refractivity (Wildman–Crippen MR) is 84.4 cm³/mol. The van der Waals surface area contributed by atoms with E-state index in [9.17, 15) is 0 Å². The summed E-state index contributed by atoms with van der Waals surface area (Å²) >= 11 is 5.00. The van der Waals surface area contributed by atoms with Crippen LogP contribution < -0.4 is 10.6 Å². The Hall–Kier alpha value is -2.40. The van der Waals surface area contributed by atoms with Gasteiger partial charge in [0.1, 0.15) is 10.5 Å². The molecular formula is C15H13N3OS. The molecule has 100 valence electrons. The summed E-state index contributed by atoms with van der Waals surface area (Å²) in [5, 5.41) is 0. The van der Waals surface area contributed by atoms with E-state index >= 15 is 0 Å². The monoisotopic (exact) mass is 283 g/mol. The number of nitrogens with zero attached hydrogens (tertiary/aromatic N) is 2. The molecule has 20 heavy (non-hydrogen) atoms. The molecule has 3 rings (SSSR count). The molecule has 1 aromatic heterocycles. The summed E-state index contributed by atoms with van der Waals surface area (Å²) in [5.41, 5.74) is 8.99. The van der Waals surface area contributed by atoms with E-state index in [0.717, 1.165) is 22.4 Å². The predicted octanol–water partition coefficient (Wildman–Crippen LogP) is 3.23. The van der Waals surface area contributed by atoms with Gasteiger partial charge >= 0.3 is 6.01 Å². The maximum absolute atomic E-state index is 5.74. The summed E-state index contributed by atoms with van der Waals surface area (Å²) in [6.07, 6.45) is 0. The standard InChI is InChI=1S/C15H13N3OS/c1-18(11-6-4-5-10(9-11)14(16)20)15-17-12-7-2-3-8-13(12)19-15/h2-9H,1H3,(H2,16,20). The molecule has 4 nitrogen and oxygen atoms in total. The molecule has 0 bridgehead atoms. The number of thiocarbonyl (C=S) groups is 1. The number of benzene rings is 2. The zero-order valence-electron chi connectivity index (χ0n) is 10.9. The molecule has 0 unspecified atom stereocenters. The Morgan fingerprint density at radius 2 is 2.00 bits per heavy atom. The smallest absolute Gasteiger partial charge is 0.302 e. The number of hydrogen-bond donors (Lipinski definition) is 1. The maximum atomic E-state index is 5.74. The van der Waals surface area contributed by atoms with E-state index in [0.29, 0.717) is 11.0 Å². The third-order valence-corrected chi connectivity index (χ3v) is 3.32. The van der Waals surface area contributed by atoms with Crippen LogP contribution in [0.1, 0.15) is 5.56 Å². The average Bonchev–Trinajstić information content (AvgIpc) is 2.90. The Balaban J connectivity index is 2.01. The van der Waals surface area contributed by atoms with Gasteiger partial charge < -0.3 is 10.2 Å².